The number of nitrogens with one attached hydrogen (secondary N) is 1. The summed E-state index contributed by atoms with van der Waals surface area (Å²) in [4.78, 5) is 38.5. The zero-order chi connectivity index (χ0) is 22.4. The van der Waals surface area contributed by atoms with Gasteiger partial charge in [0.2, 0.25) is 0 Å². The van der Waals surface area contributed by atoms with Crippen molar-refractivity contribution in [3.8, 4) is 17.2 Å². The Kier molecular flexibility index (Phi) is 6.96. The number of fused-ring (bicyclic) bond motifs is 1. The summed E-state index contributed by atoms with van der Waals surface area (Å²) in [6.07, 6.45) is -0.889. The van der Waals surface area contributed by atoms with Gasteiger partial charge in [-0.3, -0.25) is 14.4 Å². The maximum Gasteiger partial charge on any atom is 0.310 e. The Morgan fingerprint density at radius 1 is 1.10 bits per heavy atom. The maximum absolute atomic E-state index is 12.8. The summed E-state index contributed by atoms with van der Waals surface area (Å²) in [6, 6.07) is 12.0. The molecule has 0 bridgehead atoms. The second-order valence-corrected chi connectivity index (χ2v) is 6.72. The lowest BCUT2D eigenvalue weighted by atomic mass is 10.1. The minimum Gasteiger partial charge on any atom is -0.493 e. The number of para-hydroxylation sites is 2. The molecule has 0 saturated heterocycles. The van der Waals surface area contributed by atoms with E-state index in [-0.39, 0.29) is 18.9 Å². The number of carbonyl (C=O) groups excluding carboxylic acids is 3. The number of hydrogen-bond donors (Lipinski definition) is 1. The highest BCUT2D eigenvalue weighted by Gasteiger charge is 2.33. The molecule has 3 rings (SSSR count). The molecular weight excluding hydrogens is 404 g/mol. The molecule has 9 heteroatoms. The number of amides is 2. The van der Waals surface area contributed by atoms with Crippen LogP contribution in [-0.4, -0.2) is 58.3 Å². The highest BCUT2D eigenvalue weighted by molar-refractivity contribution is 5.98. The molecular formula is C22H24N2O7. The van der Waals surface area contributed by atoms with Gasteiger partial charge in [0.25, 0.3) is 11.8 Å². The van der Waals surface area contributed by atoms with Crippen molar-refractivity contribution in [2.24, 2.45) is 0 Å². The van der Waals surface area contributed by atoms with Crippen LogP contribution in [0.4, 0.5) is 5.69 Å². The van der Waals surface area contributed by atoms with E-state index in [0.717, 1.165) is 0 Å². The Balaban J connectivity index is 1.64. The number of methoxy groups -OCH3 is 2. The fraction of sp³-hybridized carbons (Fsp3) is 0.318. The number of hydrogen-bond acceptors (Lipinski definition) is 7. The van der Waals surface area contributed by atoms with E-state index in [1.165, 1.54) is 26.2 Å². The molecule has 0 saturated carbocycles. The average Bonchev–Trinajstić information content (AvgIpc) is 2.81. The van der Waals surface area contributed by atoms with E-state index < -0.39 is 24.6 Å². The number of esters is 1. The monoisotopic (exact) mass is 428 g/mol. The van der Waals surface area contributed by atoms with Crippen molar-refractivity contribution in [2.45, 2.75) is 12.5 Å². The van der Waals surface area contributed by atoms with Crippen LogP contribution in [0.2, 0.25) is 0 Å². The first kappa shape index (κ1) is 21.9. The largest absolute Gasteiger partial charge is 0.493 e. The number of carbonyl (C=O) groups is 3. The van der Waals surface area contributed by atoms with Gasteiger partial charge in [0.05, 0.1) is 32.9 Å². The first-order valence-electron chi connectivity index (χ1n) is 9.61. The normalized spacial score (nSPS) is 14.7. The third-order valence-corrected chi connectivity index (χ3v) is 4.77. The van der Waals surface area contributed by atoms with Crippen molar-refractivity contribution >= 4 is 23.5 Å². The van der Waals surface area contributed by atoms with Gasteiger partial charge in [0.15, 0.2) is 24.2 Å². The molecule has 2 amide bonds. The lowest BCUT2D eigenvalue weighted by Gasteiger charge is -2.33. The predicted octanol–water partition coefficient (Wildman–Crippen LogP) is 1.33. The fourth-order valence-electron chi connectivity index (χ4n) is 3.20. The molecule has 9 nitrogen and oxygen atoms in total. The van der Waals surface area contributed by atoms with E-state index in [4.69, 9.17) is 18.9 Å². The van der Waals surface area contributed by atoms with Crippen LogP contribution in [0.1, 0.15) is 5.56 Å². The number of anilines is 1. The summed E-state index contributed by atoms with van der Waals surface area (Å²) < 4.78 is 21.3. The molecule has 0 fully saturated rings. The van der Waals surface area contributed by atoms with E-state index in [1.807, 2.05) is 0 Å². The third kappa shape index (κ3) is 5.06. The van der Waals surface area contributed by atoms with Gasteiger partial charge < -0.3 is 29.2 Å². The van der Waals surface area contributed by atoms with Gasteiger partial charge in [-0.15, -0.1) is 0 Å². The van der Waals surface area contributed by atoms with Crippen molar-refractivity contribution in [2.75, 3.05) is 39.3 Å². The molecule has 2 aromatic rings. The summed E-state index contributed by atoms with van der Waals surface area (Å²) in [6.45, 7) is -0.441. The van der Waals surface area contributed by atoms with E-state index in [2.05, 4.69) is 5.32 Å². The van der Waals surface area contributed by atoms with Gasteiger partial charge in [0, 0.05) is 7.05 Å². The van der Waals surface area contributed by atoms with Crippen molar-refractivity contribution in [1.82, 2.24) is 5.32 Å². The Labute approximate surface area is 179 Å². The molecule has 164 valence electrons. The summed E-state index contributed by atoms with van der Waals surface area (Å²) in [5.41, 5.74) is 1.18. The van der Waals surface area contributed by atoms with E-state index >= 15 is 0 Å². The van der Waals surface area contributed by atoms with Crippen LogP contribution in [0.3, 0.4) is 0 Å². The molecule has 1 aliphatic heterocycles. The molecule has 1 aliphatic rings. The van der Waals surface area contributed by atoms with E-state index in [9.17, 15) is 14.4 Å². The Bertz CT molecular complexity index is 976. The average molecular weight is 428 g/mol. The number of rotatable bonds is 7. The molecule has 0 spiro atoms. The van der Waals surface area contributed by atoms with Crippen molar-refractivity contribution in [1.29, 1.82) is 0 Å². The highest BCUT2D eigenvalue weighted by Crippen LogP contribution is 2.33. The fourth-order valence-corrected chi connectivity index (χ4v) is 3.20. The van der Waals surface area contributed by atoms with Crippen molar-refractivity contribution in [3.05, 3.63) is 48.0 Å². The highest BCUT2D eigenvalue weighted by atomic mass is 16.5. The predicted molar refractivity (Wildman–Crippen MR) is 111 cm³/mol. The van der Waals surface area contributed by atoms with Crippen molar-refractivity contribution in [3.63, 3.8) is 0 Å². The van der Waals surface area contributed by atoms with Gasteiger partial charge in [-0.1, -0.05) is 18.2 Å². The Hall–Kier alpha value is -3.75. The standard InChI is InChI=1S/C22H24N2O7/c1-23-22(27)19-12-24(15-6-4-5-7-16(15)31-19)20(25)13-30-21(26)11-14-8-9-17(28-2)18(10-14)29-3/h4-10,19H,11-13H2,1-3H3,(H,23,27). The van der Waals surface area contributed by atoms with Crippen LogP contribution in [0.5, 0.6) is 17.2 Å². The van der Waals surface area contributed by atoms with Gasteiger partial charge in [-0.2, -0.15) is 0 Å². The molecule has 31 heavy (non-hydrogen) atoms. The molecule has 0 radical (unpaired) electrons. The third-order valence-electron chi connectivity index (χ3n) is 4.77. The Morgan fingerprint density at radius 2 is 1.84 bits per heavy atom. The first-order valence-corrected chi connectivity index (χ1v) is 9.61. The van der Waals surface area contributed by atoms with Crippen molar-refractivity contribution < 1.29 is 33.3 Å². The van der Waals surface area contributed by atoms with Crippen LogP contribution in [-0.2, 0) is 25.5 Å². The summed E-state index contributed by atoms with van der Waals surface area (Å²) in [7, 11) is 4.52. The SMILES string of the molecule is CNC(=O)C1CN(C(=O)COC(=O)Cc2ccc(OC)c(OC)c2)c2ccccc2O1. The van der Waals surface area contributed by atoms with Crippen LogP contribution in [0.15, 0.2) is 42.5 Å². The number of benzene rings is 2. The van der Waals surface area contributed by atoms with Crippen LogP contribution in [0.25, 0.3) is 0 Å². The molecule has 0 aliphatic carbocycles. The lowest BCUT2D eigenvalue weighted by Crippen LogP contribution is -2.51. The van der Waals surface area contributed by atoms with Gasteiger partial charge >= 0.3 is 5.97 Å². The van der Waals surface area contributed by atoms with Gasteiger partial charge in [0.1, 0.15) is 5.75 Å². The van der Waals surface area contributed by atoms with E-state index in [0.29, 0.717) is 28.5 Å². The summed E-state index contributed by atoms with van der Waals surface area (Å²) >= 11 is 0. The molecule has 1 unspecified atom stereocenters. The second-order valence-electron chi connectivity index (χ2n) is 6.72. The van der Waals surface area contributed by atoms with Gasteiger partial charge in [-0.05, 0) is 29.8 Å². The smallest absolute Gasteiger partial charge is 0.310 e. The number of ether oxygens (including phenoxy) is 4. The minimum absolute atomic E-state index is 0.0166. The number of likely N-dealkylation sites (N-methyl/N-ethyl adjacent to an activating group) is 1. The maximum atomic E-state index is 12.8. The number of nitrogens with zero attached hydrogens (tertiary/aromatic N) is 1. The molecule has 1 heterocycles. The topological polar surface area (TPSA) is 103 Å². The zero-order valence-electron chi connectivity index (χ0n) is 17.5. The van der Waals surface area contributed by atoms with Crippen LogP contribution in [0, 0.1) is 0 Å². The summed E-state index contributed by atoms with van der Waals surface area (Å²) in [5, 5.41) is 2.51. The minimum atomic E-state index is -0.855. The first-order chi connectivity index (χ1) is 15.0. The lowest BCUT2D eigenvalue weighted by molar-refractivity contribution is -0.147. The van der Waals surface area contributed by atoms with Crippen LogP contribution < -0.4 is 24.4 Å². The molecule has 0 aromatic heterocycles. The molecule has 1 N–H and O–H groups in total. The second kappa shape index (κ2) is 9.84. The van der Waals surface area contributed by atoms with Crippen LogP contribution >= 0.6 is 0 Å². The summed E-state index contributed by atoms with van der Waals surface area (Å²) in [5.74, 6) is 0.0841. The van der Waals surface area contributed by atoms with E-state index in [1.54, 1.807) is 42.5 Å². The molecule has 2 aromatic carbocycles. The molecule has 1 atom stereocenters. The quantitative estimate of drug-likeness (QED) is 0.664. The zero-order valence-corrected chi connectivity index (χ0v) is 17.5. The van der Waals surface area contributed by atoms with Gasteiger partial charge in [-0.25, -0.2) is 0 Å². The Morgan fingerprint density at radius 3 is 2.55 bits per heavy atom.